The lowest BCUT2D eigenvalue weighted by atomic mass is 9.79. The fraction of sp³-hybridized carbons (Fsp3) is 0.316. The van der Waals surface area contributed by atoms with Gasteiger partial charge in [-0.1, -0.05) is 48.5 Å². The highest BCUT2D eigenvalue weighted by Gasteiger charge is 2.21. The molecule has 0 saturated carbocycles. The molecule has 1 aliphatic carbocycles. The van der Waals surface area contributed by atoms with E-state index in [-0.39, 0.29) is 5.97 Å². The van der Waals surface area contributed by atoms with Gasteiger partial charge < -0.3 is 4.74 Å². The number of aryl methyl sites for hydroxylation is 1. The number of benzene rings is 2. The van der Waals surface area contributed by atoms with E-state index in [4.69, 9.17) is 4.74 Å². The summed E-state index contributed by atoms with van der Waals surface area (Å²) in [5.74, 6) is 0.299. The number of hydrogen-bond donors (Lipinski definition) is 0. The van der Waals surface area contributed by atoms with Crippen molar-refractivity contribution in [3.8, 4) is 0 Å². The number of fused-ring (bicyclic) bond motifs is 1. The van der Waals surface area contributed by atoms with Gasteiger partial charge in [-0.15, -0.1) is 0 Å². The second kappa shape index (κ2) is 6.13. The van der Waals surface area contributed by atoms with Crippen LogP contribution in [0.3, 0.4) is 0 Å². The van der Waals surface area contributed by atoms with Crippen molar-refractivity contribution in [2.75, 3.05) is 7.11 Å². The molecule has 2 heteroatoms. The fourth-order valence-electron chi connectivity index (χ4n) is 3.21. The predicted molar refractivity (Wildman–Crippen MR) is 83.4 cm³/mol. The minimum absolute atomic E-state index is 0.189. The van der Waals surface area contributed by atoms with E-state index in [1.165, 1.54) is 43.1 Å². The minimum Gasteiger partial charge on any atom is -0.469 e. The van der Waals surface area contributed by atoms with Crippen molar-refractivity contribution in [1.82, 2.24) is 0 Å². The second-order valence-corrected chi connectivity index (χ2v) is 5.64. The highest BCUT2D eigenvalue weighted by atomic mass is 16.5. The summed E-state index contributed by atoms with van der Waals surface area (Å²) < 4.78 is 4.71. The van der Waals surface area contributed by atoms with Crippen molar-refractivity contribution in [2.45, 2.75) is 31.6 Å². The standard InChI is InChI=1S/C19H20O2/c1-21-19(20)13-14-9-11-16(12-10-14)18-8-4-6-15-5-2-3-7-17(15)18/h2-3,5,7,9-12,18H,4,6,8,13H2,1H3/t18-/m0/s1. The number of rotatable bonds is 3. The summed E-state index contributed by atoms with van der Waals surface area (Å²) in [6, 6.07) is 17.2. The van der Waals surface area contributed by atoms with Gasteiger partial charge in [0.05, 0.1) is 13.5 Å². The number of ether oxygens (including phenoxy) is 1. The van der Waals surface area contributed by atoms with Crippen LogP contribution in [0, 0.1) is 0 Å². The summed E-state index contributed by atoms with van der Waals surface area (Å²) in [4.78, 5) is 11.3. The summed E-state index contributed by atoms with van der Waals surface area (Å²) in [6.07, 6.45) is 3.98. The van der Waals surface area contributed by atoms with E-state index in [0.717, 1.165) is 5.56 Å². The van der Waals surface area contributed by atoms with E-state index < -0.39 is 0 Å². The van der Waals surface area contributed by atoms with Gasteiger partial charge in [0.15, 0.2) is 0 Å². The Hall–Kier alpha value is -2.09. The molecule has 0 saturated heterocycles. The van der Waals surface area contributed by atoms with Crippen LogP contribution >= 0.6 is 0 Å². The summed E-state index contributed by atoms with van der Waals surface area (Å²) in [5.41, 5.74) is 5.29. The van der Waals surface area contributed by atoms with Gasteiger partial charge in [-0.2, -0.15) is 0 Å². The zero-order chi connectivity index (χ0) is 14.7. The molecule has 0 fully saturated rings. The fourth-order valence-corrected chi connectivity index (χ4v) is 3.21. The number of methoxy groups -OCH3 is 1. The third-order valence-corrected chi connectivity index (χ3v) is 4.33. The monoisotopic (exact) mass is 280 g/mol. The van der Waals surface area contributed by atoms with Crippen molar-refractivity contribution in [3.63, 3.8) is 0 Å². The summed E-state index contributed by atoms with van der Waals surface area (Å²) in [6.45, 7) is 0. The molecule has 0 aliphatic heterocycles. The largest absolute Gasteiger partial charge is 0.469 e. The van der Waals surface area contributed by atoms with Gasteiger partial charge in [-0.3, -0.25) is 4.79 Å². The lowest BCUT2D eigenvalue weighted by Crippen LogP contribution is -2.11. The van der Waals surface area contributed by atoms with Gasteiger partial charge in [0.1, 0.15) is 0 Å². The van der Waals surface area contributed by atoms with E-state index >= 15 is 0 Å². The molecular formula is C19H20O2. The molecule has 0 unspecified atom stereocenters. The maximum Gasteiger partial charge on any atom is 0.309 e. The minimum atomic E-state index is -0.189. The first-order valence-electron chi connectivity index (χ1n) is 7.51. The maximum absolute atomic E-state index is 11.3. The number of carbonyl (C=O) groups excluding carboxylic acids is 1. The molecular weight excluding hydrogens is 260 g/mol. The van der Waals surface area contributed by atoms with Crippen LogP contribution in [0.1, 0.15) is 41.0 Å². The third kappa shape index (κ3) is 2.99. The van der Waals surface area contributed by atoms with Crippen LogP contribution in [0.2, 0.25) is 0 Å². The molecule has 0 radical (unpaired) electrons. The van der Waals surface area contributed by atoms with Crippen molar-refractivity contribution >= 4 is 5.97 Å². The highest BCUT2D eigenvalue weighted by molar-refractivity contribution is 5.72. The van der Waals surface area contributed by atoms with Gasteiger partial charge in [0.25, 0.3) is 0 Å². The predicted octanol–water partition coefficient (Wildman–Crippen LogP) is 3.87. The first-order valence-corrected chi connectivity index (χ1v) is 7.51. The zero-order valence-electron chi connectivity index (χ0n) is 12.3. The van der Waals surface area contributed by atoms with Crippen LogP contribution in [-0.4, -0.2) is 13.1 Å². The van der Waals surface area contributed by atoms with E-state index in [2.05, 4.69) is 36.4 Å². The van der Waals surface area contributed by atoms with Gasteiger partial charge in [0, 0.05) is 5.92 Å². The van der Waals surface area contributed by atoms with Gasteiger partial charge in [-0.05, 0) is 41.5 Å². The molecule has 0 N–H and O–H groups in total. The molecule has 0 amide bonds. The summed E-state index contributed by atoms with van der Waals surface area (Å²) >= 11 is 0. The molecule has 1 atom stereocenters. The van der Waals surface area contributed by atoms with Crippen LogP contribution < -0.4 is 0 Å². The van der Waals surface area contributed by atoms with E-state index in [0.29, 0.717) is 12.3 Å². The second-order valence-electron chi connectivity index (χ2n) is 5.64. The Labute approximate surface area is 125 Å². The maximum atomic E-state index is 11.3. The van der Waals surface area contributed by atoms with Crippen molar-refractivity contribution in [1.29, 1.82) is 0 Å². The number of hydrogen-bond acceptors (Lipinski definition) is 2. The smallest absolute Gasteiger partial charge is 0.309 e. The van der Waals surface area contributed by atoms with Crippen molar-refractivity contribution < 1.29 is 9.53 Å². The average molecular weight is 280 g/mol. The van der Waals surface area contributed by atoms with Crippen LogP contribution in [0.5, 0.6) is 0 Å². The highest BCUT2D eigenvalue weighted by Crippen LogP contribution is 2.36. The lowest BCUT2D eigenvalue weighted by molar-refractivity contribution is -0.139. The van der Waals surface area contributed by atoms with Crippen LogP contribution in [0.25, 0.3) is 0 Å². The van der Waals surface area contributed by atoms with Crippen LogP contribution in [-0.2, 0) is 22.4 Å². The summed E-state index contributed by atoms with van der Waals surface area (Å²) in [5, 5.41) is 0. The summed E-state index contributed by atoms with van der Waals surface area (Å²) in [7, 11) is 1.43. The molecule has 0 bridgehead atoms. The van der Waals surface area contributed by atoms with Gasteiger partial charge in [-0.25, -0.2) is 0 Å². The lowest BCUT2D eigenvalue weighted by Gasteiger charge is -2.26. The Morgan fingerprint density at radius 3 is 2.67 bits per heavy atom. The van der Waals surface area contributed by atoms with E-state index in [9.17, 15) is 4.79 Å². The molecule has 3 rings (SSSR count). The Morgan fingerprint density at radius 1 is 1.14 bits per heavy atom. The molecule has 2 aromatic rings. The van der Waals surface area contributed by atoms with Gasteiger partial charge in [0.2, 0.25) is 0 Å². The number of esters is 1. The Kier molecular flexibility index (Phi) is 4.05. The zero-order valence-corrected chi connectivity index (χ0v) is 12.3. The van der Waals surface area contributed by atoms with Crippen LogP contribution in [0.15, 0.2) is 48.5 Å². The number of carbonyl (C=O) groups is 1. The van der Waals surface area contributed by atoms with Gasteiger partial charge >= 0.3 is 5.97 Å². The van der Waals surface area contributed by atoms with E-state index in [1.54, 1.807) is 0 Å². The molecule has 0 spiro atoms. The molecule has 1 aliphatic rings. The molecule has 0 heterocycles. The average Bonchev–Trinajstić information content (AvgIpc) is 2.55. The molecule has 108 valence electrons. The van der Waals surface area contributed by atoms with Crippen molar-refractivity contribution in [2.24, 2.45) is 0 Å². The van der Waals surface area contributed by atoms with E-state index in [1.807, 2.05) is 12.1 Å². The Bertz CT molecular complexity index is 628. The van der Waals surface area contributed by atoms with Crippen LogP contribution in [0.4, 0.5) is 0 Å². The normalized spacial score (nSPS) is 17.1. The third-order valence-electron chi connectivity index (χ3n) is 4.33. The Balaban J connectivity index is 1.83. The molecule has 2 nitrogen and oxygen atoms in total. The SMILES string of the molecule is COC(=O)Cc1ccc([C@@H]2CCCc3ccccc32)cc1. The quantitative estimate of drug-likeness (QED) is 0.798. The first kappa shape index (κ1) is 13.9. The topological polar surface area (TPSA) is 26.3 Å². The Morgan fingerprint density at radius 2 is 1.90 bits per heavy atom. The molecule has 2 aromatic carbocycles. The molecule has 21 heavy (non-hydrogen) atoms. The first-order chi connectivity index (χ1) is 10.3. The molecule has 0 aromatic heterocycles. The van der Waals surface area contributed by atoms with Crippen molar-refractivity contribution in [3.05, 3.63) is 70.8 Å².